The number of hydrogen-bond donors (Lipinski definition) is 3. The summed E-state index contributed by atoms with van der Waals surface area (Å²) >= 11 is 0. The van der Waals surface area contributed by atoms with E-state index in [0.29, 0.717) is 12.1 Å². The Hall–Kier alpha value is -2.74. The van der Waals surface area contributed by atoms with E-state index in [-0.39, 0.29) is 12.5 Å². The Morgan fingerprint density at radius 2 is 1.45 bits per heavy atom. The number of ether oxygens (including phenoxy) is 1. The normalized spacial score (nSPS) is 14.3. The number of aliphatic hydroxyl groups is 2. The monoisotopic (exact) mass is 457 g/mol. The first-order chi connectivity index (χ1) is 15.6. The molecule has 3 unspecified atom stereocenters. The van der Waals surface area contributed by atoms with Gasteiger partial charge in [0.15, 0.2) is 12.2 Å². The van der Waals surface area contributed by atoms with E-state index in [0.717, 1.165) is 29.7 Å². The van der Waals surface area contributed by atoms with Gasteiger partial charge in [0.25, 0.3) is 0 Å². The molecule has 0 spiro atoms. The van der Waals surface area contributed by atoms with Crippen LogP contribution in [0.5, 0.6) is 0 Å². The third kappa shape index (κ3) is 7.39. The van der Waals surface area contributed by atoms with Crippen molar-refractivity contribution in [3.05, 3.63) is 71.3 Å². The second kappa shape index (κ2) is 12.5. The van der Waals surface area contributed by atoms with E-state index < -0.39 is 24.1 Å². The van der Waals surface area contributed by atoms with Crippen LogP contribution in [0.15, 0.2) is 54.6 Å². The number of carbonyl (C=O) groups excluding carboxylic acids is 1. The van der Waals surface area contributed by atoms with Crippen molar-refractivity contribution in [2.24, 2.45) is 0 Å². The molecule has 33 heavy (non-hydrogen) atoms. The number of aliphatic hydroxyl groups excluding tert-OH is 2. The van der Waals surface area contributed by atoms with Gasteiger partial charge in [-0.25, -0.2) is 9.59 Å². The summed E-state index contributed by atoms with van der Waals surface area (Å²) in [6.45, 7) is 9.47. The molecule has 0 amide bonds. The molecule has 3 atom stereocenters. The molecule has 0 aliphatic rings. The number of carboxylic acids is 1. The van der Waals surface area contributed by atoms with Crippen LogP contribution in [-0.2, 0) is 20.9 Å². The summed E-state index contributed by atoms with van der Waals surface area (Å²) in [5.41, 5.74) is 2.90. The SMILES string of the molecule is CC(C)N(CCC(c1ccccc1)c1ccccc1COC(=O)C(O)C(O)C(=O)O)C(C)C. The number of carboxylic acid groups (broad SMARTS) is 1. The minimum Gasteiger partial charge on any atom is -0.479 e. The molecule has 0 aromatic heterocycles. The van der Waals surface area contributed by atoms with Gasteiger partial charge in [-0.15, -0.1) is 0 Å². The van der Waals surface area contributed by atoms with Crippen LogP contribution in [0.25, 0.3) is 0 Å². The van der Waals surface area contributed by atoms with Gasteiger partial charge in [-0.2, -0.15) is 0 Å². The quantitative estimate of drug-likeness (QED) is 0.420. The zero-order valence-corrected chi connectivity index (χ0v) is 19.7. The van der Waals surface area contributed by atoms with Crippen molar-refractivity contribution in [1.29, 1.82) is 0 Å². The molecule has 2 aromatic carbocycles. The summed E-state index contributed by atoms with van der Waals surface area (Å²) in [5.74, 6) is -2.82. The Balaban J connectivity index is 2.28. The molecule has 2 rings (SSSR count). The van der Waals surface area contributed by atoms with Crippen molar-refractivity contribution < 1.29 is 29.6 Å². The number of rotatable bonds is 12. The van der Waals surface area contributed by atoms with Gasteiger partial charge in [0.2, 0.25) is 0 Å². The summed E-state index contributed by atoms with van der Waals surface area (Å²) in [7, 11) is 0. The maximum atomic E-state index is 12.1. The van der Waals surface area contributed by atoms with Gasteiger partial charge in [0, 0.05) is 18.0 Å². The molecule has 0 aliphatic heterocycles. The molecule has 0 fully saturated rings. The van der Waals surface area contributed by atoms with Gasteiger partial charge < -0.3 is 20.1 Å². The lowest BCUT2D eigenvalue weighted by molar-refractivity contribution is -0.170. The molecule has 2 aromatic rings. The Morgan fingerprint density at radius 3 is 2.03 bits per heavy atom. The van der Waals surface area contributed by atoms with E-state index in [1.165, 1.54) is 0 Å². The topological polar surface area (TPSA) is 107 Å². The van der Waals surface area contributed by atoms with Gasteiger partial charge in [0.05, 0.1) is 0 Å². The zero-order valence-electron chi connectivity index (χ0n) is 19.7. The van der Waals surface area contributed by atoms with Crippen LogP contribution < -0.4 is 0 Å². The van der Waals surface area contributed by atoms with Gasteiger partial charge in [-0.3, -0.25) is 4.90 Å². The molecule has 180 valence electrons. The van der Waals surface area contributed by atoms with E-state index in [9.17, 15) is 19.8 Å². The van der Waals surface area contributed by atoms with Crippen LogP contribution >= 0.6 is 0 Å². The van der Waals surface area contributed by atoms with Crippen molar-refractivity contribution >= 4 is 11.9 Å². The molecule has 0 saturated heterocycles. The van der Waals surface area contributed by atoms with E-state index >= 15 is 0 Å². The average Bonchev–Trinajstić information content (AvgIpc) is 2.79. The van der Waals surface area contributed by atoms with Crippen LogP contribution in [0.4, 0.5) is 0 Å². The maximum Gasteiger partial charge on any atom is 0.338 e. The number of hydrogen-bond acceptors (Lipinski definition) is 6. The first-order valence-electron chi connectivity index (χ1n) is 11.3. The Bertz CT molecular complexity index is 891. The summed E-state index contributed by atoms with van der Waals surface area (Å²) in [5, 5.41) is 27.9. The van der Waals surface area contributed by atoms with Gasteiger partial charge in [0.1, 0.15) is 6.61 Å². The Labute approximate surface area is 195 Å². The molecule has 0 aliphatic carbocycles. The molecule has 0 radical (unpaired) electrons. The van der Waals surface area contributed by atoms with E-state index in [2.05, 4.69) is 44.7 Å². The third-order valence-electron chi connectivity index (χ3n) is 5.80. The number of aliphatic carboxylic acids is 1. The minimum absolute atomic E-state index is 0.0515. The standard InChI is InChI=1S/C26H35NO6/c1-17(2)27(18(3)4)15-14-22(19-10-6-5-7-11-19)21-13-9-8-12-20(21)16-33-26(32)24(29)23(28)25(30)31/h5-13,17-18,22-24,28-29H,14-16H2,1-4H3,(H,30,31). The zero-order chi connectivity index (χ0) is 24.5. The van der Waals surface area contributed by atoms with E-state index in [1.54, 1.807) is 0 Å². The summed E-state index contributed by atoms with van der Waals surface area (Å²) in [6, 6.07) is 18.5. The fourth-order valence-corrected chi connectivity index (χ4v) is 4.08. The van der Waals surface area contributed by atoms with Crippen molar-refractivity contribution in [2.75, 3.05) is 6.54 Å². The number of carbonyl (C=O) groups is 2. The molecule has 7 nitrogen and oxygen atoms in total. The summed E-state index contributed by atoms with van der Waals surface area (Å²) < 4.78 is 5.17. The predicted molar refractivity (Wildman–Crippen MR) is 126 cm³/mol. The molecular weight excluding hydrogens is 422 g/mol. The Kier molecular flexibility index (Phi) is 10.0. The smallest absolute Gasteiger partial charge is 0.338 e. The van der Waals surface area contributed by atoms with Crippen molar-refractivity contribution in [1.82, 2.24) is 4.90 Å². The fraction of sp³-hybridized carbons (Fsp3) is 0.462. The van der Waals surface area contributed by atoms with Crippen LogP contribution in [0, 0.1) is 0 Å². The highest BCUT2D eigenvalue weighted by Crippen LogP contribution is 2.31. The second-order valence-corrected chi connectivity index (χ2v) is 8.71. The van der Waals surface area contributed by atoms with Crippen LogP contribution in [-0.4, -0.2) is 63.0 Å². The lowest BCUT2D eigenvalue weighted by Crippen LogP contribution is -2.40. The fourth-order valence-electron chi connectivity index (χ4n) is 4.08. The largest absolute Gasteiger partial charge is 0.479 e. The van der Waals surface area contributed by atoms with Gasteiger partial charge >= 0.3 is 11.9 Å². The Morgan fingerprint density at radius 1 is 0.879 bits per heavy atom. The highest BCUT2D eigenvalue weighted by molar-refractivity contribution is 5.84. The van der Waals surface area contributed by atoms with Crippen molar-refractivity contribution in [3.63, 3.8) is 0 Å². The molecular formula is C26H35NO6. The molecule has 0 heterocycles. The van der Waals surface area contributed by atoms with Crippen molar-refractivity contribution in [3.8, 4) is 0 Å². The average molecular weight is 458 g/mol. The predicted octanol–water partition coefficient (Wildman–Crippen LogP) is 3.18. The first kappa shape index (κ1) is 26.5. The van der Waals surface area contributed by atoms with Crippen LogP contribution in [0.2, 0.25) is 0 Å². The van der Waals surface area contributed by atoms with Crippen LogP contribution in [0.3, 0.4) is 0 Å². The number of nitrogens with zero attached hydrogens (tertiary/aromatic N) is 1. The van der Waals surface area contributed by atoms with Crippen LogP contribution in [0.1, 0.15) is 56.7 Å². The number of esters is 1. The summed E-state index contributed by atoms with van der Waals surface area (Å²) in [6.07, 6.45) is -3.53. The highest BCUT2D eigenvalue weighted by atomic mass is 16.5. The van der Waals surface area contributed by atoms with E-state index in [4.69, 9.17) is 9.84 Å². The summed E-state index contributed by atoms with van der Waals surface area (Å²) in [4.78, 5) is 25.3. The van der Waals surface area contributed by atoms with Crippen molar-refractivity contribution in [2.45, 2.75) is 70.9 Å². The number of benzene rings is 2. The second-order valence-electron chi connectivity index (χ2n) is 8.71. The van der Waals surface area contributed by atoms with Gasteiger partial charge in [-0.1, -0.05) is 54.6 Å². The molecule has 0 bridgehead atoms. The lowest BCUT2D eigenvalue weighted by Gasteiger charge is -2.32. The third-order valence-corrected chi connectivity index (χ3v) is 5.80. The van der Waals surface area contributed by atoms with E-state index in [1.807, 2.05) is 42.5 Å². The highest BCUT2D eigenvalue weighted by Gasteiger charge is 2.31. The molecule has 3 N–H and O–H groups in total. The molecule has 0 saturated carbocycles. The van der Waals surface area contributed by atoms with Gasteiger partial charge in [-0.05, 0) is 57.4 Å². The minimum atomic E-state index is -2.23. The molecule has 7 heteroatoms. The lowest BCUT2D eigenvalue weighted by atomic mass is 9.85. The first-order valence-corrected chi connectivity index (χ1v) is 11.3. The maximum absolute atomic E-state index is 12.1.